The normalized spacial score (nSPS) is 11.1. The first-order valence-electron chi connectivity index (χ1n) is 7.80. The lowest BCUT2D eigenvalue weighted by molar-refractivity contribution is 0.0793. The van der Waals surface area contributed by atoms with Gasteiger partial charge in [-0.25, -0.2) is 4.98 Å². The van der Waals surface area contributed by atoms with Crippen LogP contribution in [0.1, 0.15) is 32.4 Å². The van der Waals surface area contributed by atoms with Gasteiger partial charge in [0.1, 0.15) is 5.82 Å². The molecular weight excluding hydrogens is 306 g/mol. The number of fused-ring (bicyclic) bond motifs is 1. The molecule has 0 fully saturated rings. The number of aromatic amines is 1. The summed E-state index contributed by atoms with van der Waals surface area (Å²) in [6.45, 7) is 4.77. The maximum absolute atomic E-state index is 12.5. The highest BCUT2D eigenvalue weighted by atomic mass is 32.1. The molecule has 0 saturated heterocycles. The number of H-pyrrole nitrogens is 1. The largest absolute Gasteiger partial charge is 0.342 e. The van der Waals surface area contributed by atoms with Crippen LogP contribution in [0.15, 0.2) is 30.3 Å². The summed E-state index contributed by atoms with van der Waals surface area (Å²) in [6.07, 6.45) is 1.73. The van der Waals surface area contributed by atoms with Crippen LogP contribution in [0.5, 0.6) is 0 Å². The molecule has 0 spiro atoms. The van der Waals surface area contributed by atoms with Gasteiger partial charge in [0.25, 0.3) is 5.91 Å². The van der Waals surface area contributed by atoms with Crippen molar-refractivity contribution < 1.29 is 4.79 Å². The summed E-state index contributed by atoms with van der Waals surface area (Å²) in [7, 11) is 1.87. The van der Waals surface area contributed by atoms with Crippen molar-refractivity contribution in [3.8, 4) is 0 Å². The lowest BCUT2D eigenvalue weighted by atomic mass is 10.2. The second kappa shape index (κ2) is 6.54. The Bertz CT molecular complexity index is 801. The molecule has 0 aliphatic rings. The van der Waals surface area contributed by atoms with E-state index in [9.17, 15) is 4.79 Å². The van der Waals surface area contributed by atoms with Gasteiger partial charge in [-0.1, -0.05) is 12.1 Å². The number of nitrogens with zero attached hydrogens (tertiary/aromatic N) is 2. The van der Waals surface area contributed by atoms with Gasteiger partial charge in [-0.05, 0) is 38.5 Å². The molecule has 1 aromatic carbocycles. The zero-order valence-electron chi connectivity index (χ0n) is 13.7. The first kappa shape index (κ1) is 15.7. The number of hydrogen-bond donors (Lipinski definition) is 1. The number of benzene rings is 1. The molecule has 1 amide bonds. The summed E-state index contributed by atoms with van der Waals surface area (Å²) in [5.74, 6) is 1.09. The second-order valence-corrected chi connectivity index (χ2v) is 7.32. The molecule has 1 N–H and O–H groups in total. The molecule has 23 heavy (non-hydrogen) atoms. The number of para-hydroxylation sites is 2. The topological polar surface area (TPSA) is 49.0 Å². The number of hydrogen-bond acceptors (Lipinski definition) is 3. The van der Waals surface area contributed by atoms with Gasteiger partial charge < -0.3 is 9.88 Å². The highest BCUT2D eigenvalue weighted by molar-refractivity contribution is 7.12. The van der Waals surface area contributed by atoms with E-state index in [2.05, 4.69) is 9.97 Å². The van der Waals surface area contributed by atoms with Crippen LogP contribution in [0.4, 0.5) is 0 Å². The number of nitrogens with one attached hydrogen (secondary N) is 1. The van der Waals surface area contributed by atoms with Gasteiger partial charge in [0.2, 0.25) is 0 Å². The van der Waals surface area contributed by atoms with E-state index in [1.807, 2.05) is 51.2 Å². The predicted octanol–water partition coefficient (Wildman–Crippen LogP) is 3.95. The van der Waals surface area contributed by atoms with Crippen molar-refractivity contribution in [2.45, 2.75) is 26.7 Å². The van der Waals surface area contributed by atoms with E-state index in [1.165, 1.54) is 4.88 Å². The average molecular weight is 327 g/mol. The number of aryl methyl sites for hydroxylation is 3. The SMILES string of the molecule is Cc1cc(C(=O)N(C)CCCc2nc3ccccc3[nH]2)c(C)s1. The maximum atomic E-state index is 12.5. The molecule has 0 unspecified atom stereocenters. The van der Waals surface area contributed by atoms with E-state index in [4.69, 9.17) is 0 Å². The molecule has 5 heteroatoms. The number of rotatable bonds is 5. The zero-order valence-corrected chi connectivity index (χ0v) is 14.5. The molecule has 3 rings (SSSR count). The van der Waals surface area contributed by atoms with Gasteiger partial charge in [-0.3, -0.25) is 4.79 Å². The van der Waals surface area contributed by atoms with Crippen molar-refractivity contribution in [2.75, 3.05) is 13.6 Å². The molecule has 0 bridgehead atoms. The molecule has 2 heterocycles. The Morgan fingerprint density at radius 3 is 2.78 bits per heavy atom. The molecule has 0 aliphatic carbocycles. The molecule has 0 radical (unpaired) electrons. The van der Waals surface area contributed by atoms with Crippen LogP contribution in [0.2, 0.25) is 0 Å². The number of carbonyl (C=O) groups is 1. The summed E-state index contributed by atoms with van der Waals surface area (Å²) < 4.78 is 0. The summed E-state index contributed by atoms with van der Waals surface area (Å²) in [6, 6.07) is 10.0. The van der Waals surface area contributed by atoms with E-state index in [0.717, 1.165) is 46.7 Å². The highest BCUT2D eigenvalue weighted by Gasteiger charge is 2.16. The van der Waals surface area contributed by atoms with Crippen LogP contribution in [-0.2, 0) is 6.42 Å². The standard InChI is InChI=1S/C18H21N3OS/c1-12-11-14(13(2)23-12)18(22)21(3)10-6-9-17-19-15-7-4-5-8-16(15)20-17/h4-5,7-8,11H,6,9-10H2,1-3H3,(H,19,20). The number of carbonyl (C=O) groups excluding carboxylic acids is 1. The summed E-state index contributed by atoms with van der Waals surface area (Å²) in [5.41, 5.74) is 2.89. The molecule has 0 atom stereocenters. The quantitative estimate of drug-likeness (QED) is 0.771. The zero-order chi connectivity index (χ0) is 16.4. The Morgan fingerprint density at radius 1 is 1.30 bits per heavy atom. The van der Waals surface area contributed by atoms with Crippen LogP contribution >= 0.6 is 11.3 Å². The minimum absolute atomic E-state index is 0.108. The lowest BCUT2D eigenvalue weighted by Crippen LogP contribution is -2.28. The molecule has 4 nitrogen and oxygen atoms in total. The fraction of sp³-hybridized carbons (Fsp3) is 0.333. The summed E-state index contributed by atoms with van der Waals surface area (Å²) >= 11 is 1.68. The molecule has 2 aromatic heterocycles. The Hall–Kier alpha value is -2.14. The van der Waals surface area contributed by atoms with Crippen molar-refractivity contribution in [1.82, 2.24) is 14.9 Å². The molecule has 3 aromatic rings. The molecular formula is C18H21N3OS. The fourth-order valence-electron chi connectivity index (χ4n) is 2.76. The van der Waals surface area contributed by atoms with Crippen LogP contribution in [0.3, 0.4) is 0 Å². The first-order valence-corrected chi connectivity index (χ1v) is 8.62. The predicted molar refractivity (Wildman–Crippen MR) is 95.2 cm³/mol. The monoisotopic (exact) mass is 327 g/mol. The van der Waals surface area contributed by atoms with E-state index < -0.39 is 0 Å². The van der Waals surface area contributed by atoms with E-state index in [1.54, 1.807) is 16.2 Å². The van der Waals surface area contributed by atoms with Crippen molar-refractivity contribution in [2.24, 2.45) is 0 Å². The summed E-state index contributed by atoms with van der Waals surface area (Å²) in [5, 5.41) is 0. The Kier molecular flexibility index (Phi) is 4.48. The third-order valence-electron chi connectivity index (χ3n) is 3.96. The molecule has 0 saturated carbocycles. The number of amides is 1. The second-order valence-electron chi connectivity index (χ2n) is 5.86. The minimum Gasteiger partial charge on any atom is -0.342 e. The first-order chi connectivity index (χ1) is 11.0. The van der Waals surface area contributed by atoms with E-state index in [0.29, 0.717) is 0 Å². The third-order valence-corrected chi connectivity index (χ3v) is 4.93. The van der Waals surface area contributed by atoms with Crippen molar-refractivity contribution in [3.05, 3.63) is 51.5 Å². The van der Waals surface area contributed by atoms with Crippen molar-refractivity contribution >= 4 is 28.3 Å². The van der Waals surface area contributed by atoms with E-state index >= 15 is 0 Å². The molecule has 120 valence electrons. The average Bonchev–Trinajstić information content (AvgIpc) is 3.08. The van der Waals surface area contributed by atoms with Gasteiger partial charge in [0.05, 0.1) is 16.6 Å². The van der Waals surface area contributed by atoms with Gasteiger partial charge in [-0.15, -0.1) is 11.3 Å². The van der Waals surface area contributed by atoms with Gasteiger partial charge in [0.15, 0.2) is 0 Å². The maximum Gasteiger partial charge on any atom is 0.254 e. The van der Waals surface area contributed by atoms with Gasteiger partial charge in [0, 0.05) is 29.8 Å². The fourth-order valence-corrected chi connectivity index (χ4v) is 3.67. The Morgan fingerprint density at radius 2 is 2.09 bits per heavy atom. The van der Waals surface area contributed by atoms with Gasteiger partial charge >= 0.3 is 0 Å². The Balaban J connectivity index is 1.57. The lowest BCUT2D eigenvalue weighted by Gasteiger charge is -2.16. The highest BCUT2D eigenvalue weighted by Crippen LogP contribution is 2.21. The number of thiophene rings is 1. The smallest absolute Gasteiger partial charge is 0.254 e. The van der Waals surface area contributed by atoms with Crippen molar-refractivity contribution in [3.63, 3.8) is 0 Å². The van der Waals surface area contributed by atoms with Crippen molar-refractivity contribution in [1.29, 1.82) is 0 Å². The van der Waals surface area contributed by atoms with Crippen LogP contribution in [-0.4, -0.2) is 34.4 Å². The van der Waals surface area contributed by atoms with Crippen LogP contribution < -0.4 is 0 Å². The van der Waals surface area contributed by atoms with Crippen LogP contribution in [0, 0.1) is 13.8 Å². The number of aromatic nitrogens is 2. The third kappa shape index (κ3) is 3.45. The summed E-state index contributed by atoms with van der Waals surface area (Å²) in [4.78, 5) is 24.5. The van der Waals surface area contributed by atoms with Gasteiger partial charge in [-0.2, -0.15) is 0 Å². The number of imidazole rings is 1. The molecule has 0 aliphatic heterocycles. The Labute approximate surface area is 140 Å². The minimum atomic E-state index is 0.108. The van der Waals surface area contributed by atoms with Crippen LogP contribution in [0.25, 0.3) is 11.0 Å². The van der Waals surface area contributed by atoms with E-state index in [-0.39, 0.29) is 5.91 Å².